The first-order chi connectivity index (χ1) is 11.9. The summed E-state index contributed by atoms with van der Waals surface area (Å²) in [4.78, 5) is 38.4. The Kier molecular flexibility index (Phi) is 2.95. The van der Waals surface area contributed by atoms with E-state index in [1.165, 1.54) is 7.11 Å². The van der Waals surface area contributed by atoms with E-state index in [0.29, 0.717) is 24.7 Å². The molecule has 5 rings (SSSR count). The Morgan fingerprint density at radius 3 is 2.76 bits per heavy atom. The van der Waals surface area contributed by atoms with E-state index in [9.17, 15) is 14.4 Å². The summed E-state index contributed by atoms with van der Waals surface area (Å²) in [6.45, 7) is 2.41. The SMILES string of the molecule is COC(=O)[C@H]1[C@H]2[C@@]3(CCC[C@@]2(C)C(=O)OC3)[C@@H]2CC[C@@H]3C[C@@]21CC3=O. The van der Waals surface area contributed by atoms with Crippen molar-refractivity contribution >= 4 is 17.7 Å². The molecule has 0 aromatic rings. The lowest BCUT2D eigenvalue weighted by Crippen LogP contribution is -2.58. The predicted octanol–water partition coefficient (Wildman–Crippen LogP) is 2.51. The van der Waals surface area contributed by atoms with Crippen molar-refractivity contribution < 1.29 is 23.9 Å². The highest BCUT2D eigenvalue weighted by atomic mass is 16.5. The van der Waals surface area contributed by atoms with Gasteiger partial charge in [0, 0.05) is 17.8 Å². The molecule has 7 atom stereocenters. The average molecular weight is 346 g/mol. The lowest BCUT2D eigenvalue weighted by molar-refractivity contribution is -0.201. The van der Waals surface area contributed by atoms with Crippen LogP contribution in [0, 0.1) is 39.9 Å². The Hall–Kier alpha value is -1.39. The molecular formula is C20H26O5. The van der Waals surface area contributed by atoms with Crippen LogP contribution in [-0.2, 0) is 23.9 Å². The van der Waals surface area contributed by atoms with Crippen LogP contribution < -0.4 is 0 Å². The number of carbonyl (C=O) groups is 3. The number of fused-ring (bicyclic) bond motifs is 1. The molecule has 0 unspecified atom stereocenters. The summed E-state index contributed by atoms with van der Waals surface area (Å²) >= 11 is 0. The van der Waals surface area contributed by atoms with Gasteiger partial charge in [-0.2, -0.15) is 0 Å². The topological polar surface area (TPSA) is 69.7 Å². The summed E-state index contributed by atoms with van der Waals surface area (Å²) < 4.78 is 11.0. The fourth-order valence-electron chi connectivity index (χ4n) is 8.12. The first-order valence-electron chi connectivity index (χ1n) is 9.67. The molecule has 1 spiro atoms. The van der Waals surface area contributed by atoms with Gasteiger partial charge in [0.2, 0.25) is 0 Å². The maximum atomic E-state index is 13.0. The molecule has 5 fully saturated rings. The lowest BCUT2D eigenvalue weighted by atomic mass is 9.51. The third kappa shape index (κ3) is 1.59. The van der Waals surface area contributed by atoms with Crippen molar-refractivity contribution in [1.29, 1.82) is 0 Å². The fraction of sp³-hybridized carbons (Fsp3) is 0.850. The minimum Gasteiger partial charge on any atom is -0.469 e. The standard InChI is InChI=1S/C20H26O5/c1-18-6-3-7-19(10-25-17(18)23)13-5-4-11-8-20(13,9-12(11)21)14(15(18)19)16(22)24-2/h11,13-15H,3-10H2,1-2H3/t11-,13+,14-,15-,18-,19-,20-/m1/s1. The van der Waals surface area contributed by atoms with E-state index in [-0.39, 0.29) is 40.5 Å². The Labute approximate surface area is 147 Å². The van der Waals surface area contributed by atoms with Gasteiger partial charge < -0.3 is 9.47 Å². The first-order valence-corrected chi connectivity index (χ1v) is 9.67. The summed E-state index contributed by atoms with van der Waals surface area (Å²) in [5.41, 5.74) is -1.07. The van der Waals surface area contributed by atoms with Gasteiger partial charge in [-0.1, -0.05) is 6.42 Å². The maximum absolute atomic E-state index is 13.0. The molecule has 5 aliphatic rings. The maximum Gasteiger partial charge on any atom is 0.312 e. The minimum absolute atomic E-state index is 0.0444. The number of cyclic esters (lactones) is 1. The molecule has 4 aliphatic carbocycles. The molecule has 4 bridgehead atoms. The zero-order chi connectivity index (χ0) is 17.6. The highest BCUT2D eigenvalue weighted by Gasteiger charge is 2.79. The number of rotatable bonds is 1. The van der Waals surface area contributed by atoms with E-state index in [0.717, 1.165) is 38.5 Å². The van der Waals surface area contributed by atoms with Gasteiger partial charge in [-0.15, -0.1) is 0 Å². The monoisotopic (exact) mass is 346 g/mol. The molecule has 0 N–H and O–H groups in total. The Bertz CT molecular complexity index is 686. The van der Waals surface area contributed by atoms with Crippen LogP contribution in [-0.4, -0.2) is 31.4 Å². The number of ether oxygens (including phenoxy) is 2. The van der Waals surface area contributed by atoms with Crippen LogP contribution in [0.5, 0.6) is 0 Å². The van der Waals surface area contributed by atoms with Crippen LogP contribution in [0.25, 0.3) is 0 Å². The van der Waals surface area contributed by atoms with E-state index >= 15 is 0 Å². The van der Waals surface area contributed by atoms with Crippen LogP contribution in [0.1, 0.15) is 51.9 Å². The third-order valence-corrected chi connectivity index (χ3v) is 8.77. The Balaban J connectivity index is 1.74. The number of ketones is 1. The van der Waals surface area contributed by atoms with E-state index in [4.69, 9.17) is 9.47 Å². The van der Waals surface area contributed by atoms with Crippen molar-refractivity contribution in [1.82, 2.24) is 0 Å². The van der Waals surface area contributed by atoms with Gasteiger partial charge in [-0.3, -0.25) is 14.4 Å². The van der Waals surface area contributed by atoms with E-state index < -0.39 is 5.41 Å². The molecule has 136 valence electrons. The van der Waals surface area contributed by atoms with Crippen molar-refractivity contribution in [2.45, 2.75) is 51.9 Å². The van der Waals surface area contributed by atoms with Crippen LogP contribution in [0.2, 0.25) is 0 Å². The molecule has 5 heteroatoms. The zero-order valence-corrected chi connectivity index (χ0v) is 15.0. The molecule has 1 aliphatic heterocycles. The summed E-state index contributed by atoms with van der Waals surface area (Å²) in [5, 5.41) is 0. The lowest BCUT2D eigenvalue weighted by Gasteiger charge is -2.55. The van der Waals surface area contributed by atoms with Crippen molar-refractivity contribution in [3.8, 4) is 0 Å². The van der Waals surface area contributed by atoms with Crippen LogP contribution in [0.3, 0.4) is 0 Å². The smallest absolute Gasteiger partial charge is 0.312 e. The van der Waals surface area contributed by atoms with Crippen molar-refractivity contribution in [2.24, 2.45) is 39.9 Å². The molecule has 0 amide bonds. The molecule has 5 nitrogen and oxygen atoms in total. The number of hydrogen-bond acceptors (Lipinski definition) is 5. The molecule has 1 saturated heterocycles. The highest BCUT2D eigenvalue weighted by Crippen LogP contribution is 2.77. The number of hydrogen-bond donors (Lipinski definition) is 0. The van der Waals surface area contributed by atoms with Gasteiger partial charge in [0.15, 0.2) is 0 Å². The first kappa shape index (κ1) is 15.8. The fourth-order valence-corrected chi connectivity index (χ4v) is 8.12. The summed E-state index contributed by atoms with van der Waals surface area (Å²) in [6.07, 6.45) is 5.97. The average Bonchev–Trinajstić information content (AvgIpc) is 3.00. The largest absolute Gasteiger partial charge is 0.469 e. The number of methoxy groups -OCH3 is 1. The highest BCUT2D eigenvalue weighted by molar-refractivity contribution is 5.88. The third-order valence-electron chi connectivity index (χ3n) is 8.77. The van der Waals surface area contributed by atoms with Gasteiger partial charge in [0.1, 0.15) is 5.78 Å². The van der Waals surface area contributed by atoms with Gasteiger partial charge in [0.05, 0.1) is 25.0 Å². The van der Waals surface area contributed by atoms with Gasteiger partial charge in [-0.25, -0.2) is 0 Å². The van der Waals surface area contributed by atoms with Gasteiger partial charge in [0.25, 0.3) is 0 Å². The van der Waals surface area contributed by atoms with Gasteiger partial charge in [-0.05, 0) is 56.3 Å². The second-order valence-electron chi connectivity index (χ2n) is 9.47. The summed E-state index contributed by atoms with van der Waals surface area (Å²) in [5.74, 6) is -0.0353. The minimum atomic E-state index is -0.622. The number of carbonyl (C=O) groups excluding carboxylic acids is 3. The van der Waals surface area contributed by atoms with Crippen molar-refractivity contribution in [3.05, 3.63) is 0 Å². The van der Waals surface area contributed by atoms with E-state index in [1.54, 1.807) is 0 Å². The molecule has 0 aromatic carbocycles. The van der Waals surface area contributed by atoms with Crippen LogP contribution in [0.4, 0.5) is 0 Å². The molecule has 0 aromatic heterocycles. The quantitative estimate of drug-likeness (QED) is 0.682. The van der Waals surface area contributed by atoms with Crippen LogP contribution in [0.15, 0.2) is 0 Å². The number of Topliss-reactive ketones (excluding diaryl/α,β-unsaturated/α-hetero) is 1. The zero-order valence-electron chi connectivity index (χ0n) is 15.0. The molecule has 1 heterocycles. The predicted molar refractivity (Wildman–Crippen MR) is 87.2 cm³/mol. The molecule has 0 radical (unpaired) electrons. The van der Waals surface area contributed by atoms with Gasteiger partial charge >= 0.3 is 11.9 Å². The molecular weight excluding hydrogens is 320 g/mol. The normalized spacial score (nSPS) is 53.0. The van der Waals surface area contributed by atoms with E-state index in [2.05, 4.69) is 0 Å². The molecule has 25 heavy (non-hydrogen) atoms. The van der Waals surface area contributed by atoms with Crippen LogP contribution >= 0.6 is 0 Å². The van der Waals surface area contributed by atoms with Crippen molar-refractivity contribution in [3.63, 3.8) is 0 Å². The Morgan fingerprint density at radius 1 is 1.20 bits per heavy atom. The summed E-state index contributed by atoms with van der Waals surface area (Å²) in [7, 11) is 1.44. The second-order valence-corrected chi connectivity index (χ2v) is 9.47. The second kappa shape index (κ2) is 4.66. The summed E-state index contributed by atoms with van der Waals surface area (Å²) in [6, 6.07) is 0. The van der Waals surface area contributed by atoms with E-state index in [1.807, 2.05) is 6.92 Å². The molecule has 4 saturated carbocycles. The number of esters is 2. The Morgan fingerprint density at radius 2 is 2.00 bits per heavy atom. The van der Waals surface area contributed by atoms with Crippen molar-refractivity contribution in [2.75, 3.05) is 13.7 Å².